The average molecular weight is 371 g/mol. The number of hydrogen-bond donors (Lipinski definition) is 1. The number of hydrogen-bond acceptors (Lipinski definition) is 4. The Morgan fingerprint density at radius 2 is 1.89 bits per heavy atom. The summed E-state index contributed by atoms with van der Waals surface area (Å²) in [6, 6.07) is 2.88. The van der Waals surface area contributed by atoms with Crippen LogP contribution in [0.1, 0.15) is 0 Å². The lowest BCUT2D eigenvalue weighted by molar-refractivity contribution is 0.353. The van der Waals surface area contributed by atoms with Gasteiger partial charge in [-0.2, -0.15) is 0 Å². The highest BCUT2D eigenvalue weighted by Gasteiger charge is 2.21. The monoisotopic (exact) mass is 369 g/mol. The van der Waals surface area contributed by atoms with Gasteiger partial charge in [-0.15, -0.1) is 0 Å². The van der Waals surface area contributed by atoms with Crippen LogP contribution in [0.15, 0.2) is 33.1 Å². The third kappa shape index (κ3) is 4.10. The summed E-state index contributed by atoms with van der Waals surface area (Å²) in [5, 5.41) is 0.195. The van der Waals surface area contributed by atoms with Crippen LogP contribution >= 0.6 is 27.5 Å². The first-order valence-corrected chi connectivity index (χ1v) is 7.71. The standard InChI is InChI=1S/C11H13BrClNO4S/c1-7(13)6-14-19(15,16)11-5-10(18-3)9(17-2)4-8(11)12/h4-5,14H,1,6H2,2-3H3. The fourth-order valence-electron chi connectivity index (χ4n) is 1.29. The molecule has 0 radical (unpaired) electrons. The number of ether oxygens (including phenoxy) is 2. The normalized spacial score (nSPS) is 11.2. The van der Waals surface area contributed by atoms with E-state index in [1.807, 2.05) is 0 Å². The van der Waals surface area contributed by atoms with Crippen molar-refractivity contribution in [1.29, 1.82) is 0 Å². The quantitative estimate of drug-likeness (QED) is 0.835. The molecule has 19 heavy (non-hydrogen) atoms. The van der Waals surface area contributed by atoms with Gasteiger partial charge in [-0.05, 0) is 22.0 Å². The lowest BCUT2D eigenvalue weighted by atomic mass is 10.3. The van der Waals surface area contributed by atoms with Crippen molar-refractivity contribution in [2.24, 2.45) is 0 Å². The SMILES string of the molecule is C=C(Cl)CNS(=O)(=O)c1cc(OC)c(OC)cc1Br. The van der Waals surface area contributed by atoms with Crippen molar-refractivity contribution >= 4 is 37.6 Å². The van der Waals surface area contributed by atoms with Gasteiger partial charge in [-0.1, -0.05) is 18.2 Å². The molecule has 0 fully saturated rings. The Bertz CT molecular complexity index is 589. The third-order valence-corrected chi connectivity index (χ3v) is 4.67. The van der Waals surface area contributed by atoms with Gasteiger partial charge < -0.3 is 9.47 Å². The van der Waals surface area contributed by atoms with Crippen molar-refractivity contribution in [3.63, 3.8) is 0 Å². The Morgan fingerprint density at radius 3 is 2.37 bits per heavy atom. The van der Waals surface area contributed by atoms with Crippen molar-refractivity contribution in [1.82, 2.24) is 4.72 Å². The zero-order valence-corrected chi connectivity index (χ0v) is 13.5. The van der Waals surface area contributed by atoms with Gasteiger partial charge in [0.15, 0.2) is 11.5 Å². The van der Waals surface area contributed by atoms with Crippen LogP contribution in [0.3, 0.4) is 0 Å². The Labute approximate surface area is 125 Å². The number of nitrogens with one attached hydrogen (secondary N) is 1. The van der Waals surface area contributed by atoms with E-state index in [1.54, 1.807) is 0 Å². The average Bonchev–Trinajstić information content (AvgIpc) is 2.35. The Kier molecular flexibility index (Phi) is 5.66. The second-order valence-electron chi connectivity index (χ2n) is 3.48. The van der Waals surface area contributed by atoms with Crippen LogP contribution in [0.2, 0.25) is 0 Å². The van der Waals surface area contributed by atoms with Crippen LogP contribution in [-0.4, -0.2) is 29.2 Å². The van der Waals surface area contributed by atoms with Gasteiger partial charge in [-0.3, -0.25) is 0 Å². The summed E-state index contributed by atoms with van der Waals surface area (Å²) in [5.41, 5.74) is 0. The summed E-state index contributed by atoms with van der Waals surface area (Å²) < 4.78 is 37.0. The number of halogens is 2. The molecule has 0 atom stereocenters. The van der Waals surface area contributed by atoms with E-state index in [2.05, 4.69) is 27.2 Å². The molecule has 5 nitrogen and oxygen atoms in total. The fourth-order valence-corrected chi connectivity index (χ4v) is 3.50. The first-order valence-electron chi connectivity index (χ1n) is 5.06. The molecule has 0 heterocycles. The first-order chi connectivity index (χ1) is 8.81. The van der Waals surface area contributed by atoms with Crippen LogP contribution < -0.4 is 14.2 Å². The van der Waals surface area contributed by atoms with Crippen LogP contribution in [0.5, 0.6) is 11.5 Å². The zero-order valence-electron chi connectivity index (χ0n) is 10.4. The summed E-state index contributed by atoms with van der Waals surface area (Å²) >= 11 is 8.72. The Morgan fingerprint density at radius 1 is 1.37 bits per heavy atom. The van der Waals surface area contributed by atoms with E-state index >= 15 is 0 Å². The van der Waals surface area contributed by atoms with E-state index in [1.165, 1.54) is 26.4 Å². The van der Waals surface area contributed by atoms with Gasteiger partial charge >= 0.3 is 0 Å². The predicted octanol–water partition coefficient (Wildman–Crippen LogP) is 2.50. The molecule has 0 spiro atoms. The van der Waals surface area contributed by atoms with Crippen molar-refractivity contribution in [3.05, 3.63) is 28.2 Å². The second-order valence-corrected chi connectivity index (χ2v) is 6.60. The van der Waals surface area contributed by atoms with Gasteiger partial charge in [0.1, 0.15) is 4.90 Å². The van der Waals surface area contributed by atoms with Crippen LogP contribution in [0.4, 0.5) is 0 Å². The molecule has 1 aromatic carbocycles. The molecule has 0 aliphatic heterocycles. The van der Waals surface area contributed by atoms with Gasteiger partial charge in [0, 0.05) is 22.1 Å². The number of rotatable bonds is 6. The summed E-state index contributed by atoms with van der Waals surface area (Å²) in [4.78, 5) is 0.0306. The molecule has 0 amide bonds. The van der Waals surface area contributed by atoms with Crippen molar-refractivity contribution in [2.45, 2.75) is 4.90 Å². The summed E-state index contributed by atoms with van der Waals surface area (Å²) in [6.07, 6.45) is 0. The predicted molar refractivity (Wildman–Crippen MR) is 77.4 cm³/mol. The van der Waals surface area contributed by atoms with Gasteiger partial charge in [0.05, 0.1) is 14.2 Å². The minimum Gasteiger partial charge on any atom is -0.493 e. The van der Waals surface area contributed by atoms with E-state index in [-0.39, 0.29) is 16.5 Å². The maximum Gasteiger partial charge on any atom is 0.242 e. The minimum absolute atomic E-state index is 0.0306. The summed E-state index contributed by atoms with van der Waals surface area (Å²) in [6.45, 7) is 3.37. The van der Waals surface area contributed by atoms with E-state index in [9.17, 15) is 8.42 Å². The van der Waals surface area contributed by atoms with Crippen LogP contribution in [-0.2, 0) is 10.0 Å². The number of methoxy groups -OCH3 is 2. The highest BCUT2D eigenvalue weighted by Crippen LogP contribution is 2.35. The van der Waals surface area contributed by atoms with Crippen LogP contribution in [0.25, 0.3) is 0 Å². The molecular weight excluding hydrogens is 358 g/mol. The zero-order chi connectivity index (χ0) is 14.6. The molecular formula is C11H13BrClNO4S. The molecule has 0 saturated carbocycles. The highest BCUT2D eigenvalue weighted by molar-refractivity contribution is 9.10. The molecule has 0 unspecified atom stereocenters. The van der Waals surface area contributed by atoms with E-state index in [0.29, 0.717) is 16.0 Å². The van der Waals surface area contributed by atoms with Gasteiger partial charge in [0.25, 0.3) is 0 Å². The highest BCUT2D eigenvalue weighted by atomic mass is 79.9. The molecule has 0 aromatic heterocycles. The maximum atomic E-state index is 12.1. The first kappa shape index (κ1) is 16.3. The molecule has 106 valence electrons. The van der Waals surface area contributed by atoms with Gasteiger partial charge in [0.2, 0.25) is 10.0 Å². The molecule has 0 aliphatic carbocycles. The Hall–Kier alpha value is -0.760. The largest absolute Gasteiger partial charge is 0.493 e. The summed E-state index contributed by atoms with van der Waals surface area (Å²) in [7, 11) is -0.828. The molecule has 1 rings (SSSR count). The van der Waals surface area contributed by atoms with E-state index in [4.69, 9.17) is 21.1 Å². The number of sulfonamides is 1. The fraction of sp³-hybridized carbons (Fsp3) is 0.273. The Balaban J connectivity index is 3.23. The minimum atomic E-state index is -3.72. The van der Waals surface area contributed by atoms with Gasteiger partial charge in [-0.25, -0.2) is 13.1 Å². The lowest BCUT2D eigenvalue weighted by Crippen LogP contribution is -2.25. The molecule has 0 aliphatic rings. The van der Waals surface area contributed by atoms with Crippen molar-refractivity contribution in [3.8, 4) is 11.5 Å². The summed E-state index contributed by atoms with van der Waals surface area (Å²) in [5.74, 6) is 0.742. The van der Waals surface area contributed by atoms with E-state index < -0.39 is 10.0 Å². The maximum absolute atomic E-state index is 12.1. The van der Waals surface area contributed by atoms with Crippen molar-refractivity contribution in [2.75, 3.05) is 20.8 Å². The molecule has 0 saturated heterocycles. The van der Waals surface area contributed by atoms with Crippen molar-refractivity contribution < 1.29 is 17.9 Å². The third-order valence-electron chi connectivity index (χ3n) is 2.18. The molecule has 8 heteroatoms. The molecule has 1 aromatic rings. The second kappa shape index (κ2) is 6.60. The topological polar surface area (TPSA) is 64.6 Å². The number of benzene rings is 1. The smallest absolute Gasteiger partial charge is 0.242 e. The van der Waals surface area contributed by atoms with E-state index in [0.717, 1.165) is 0 Å². The van der Waals surface area contributed by atoms with Crippen LogP contribution in [0, 0.1) is 0 Å². The lowest BCUT2D eigenvalue weighted by Gasteiger charge is -2.12. The molecule has 1 N–H and O–H groups in total. The molecule has 0 bridgehead atoms.